The molecule has 1 saturated carbocycles. The third kappa shape index (κ3) is 2.40. The van der Waals surface area contributed by atoms with Crippen LogP contribution in [0.3, 0.4) is 0 Å². The maximum absolute atomic E-state index is 11.8. The highest BCUT2D eigenvalue weighted by Crippen LogP contribution is 2.39. The summed E-state index contributed by atoms with van der Waals surface area (Å²) in [4.78, 5) is 15.9. The number of hydrogen-bond donors (Lipinski definition) is 1. The number of carbonyl (C=O) groups is 1. The van der Waals surface area contributed by atoms with Crippen LogP contribution in [-0.4, -0.2) is 21.1 Å². The van der Waals surface area contributed by atoms with Crippen molar-refractivity contribution in [1.29, 1.82) is 0 Å². The molecule has 0 atom stereocenters. The molecule has 0 unspecified atom stereocenters. The average Bonchev–Trinajstić information content (AvgIpc) is 3.11. The van der Waals surface area contributed by atoms with Crippen LogP contribution in [0.5, 0.6) is 0 Å². The van der Waals surface area contributed by atoms with Crippen molar-refractivity contribution in [2.75, 3.05) is 5.32 Å². The van der Waals surface area contributed by atoms with Crippen LogP contribution in [-0.2, 0) is 0 Å². The molecular formula is C11H9BrN4O2. The van der Waals surface area contributed by atoms with Gasteiger partial charge in [-0.05, 0) is 40.9 Å². The van der Waals surface area contributed by atoms with Crippen molar-refractivity contribution in [2.24, 2.45) is 0 Å². The number of pyridine rings is 1. The Bertz CT molecular complexity index is 594. The molecule has 0 aliphatic heterocycles. The van der Waals surface area contributed by atoms with Crippen LogP contribution in [0.1, 0.15) is 35.1 Å². The van der Waals surface area contributed by atoms with E-state index in [-0.39, 0.29) is 17.6 Å². The highest BCUT2D eigenvalue weighted by molar-refractivity contribution is 9.10. The molecular weight excluding hydrogens is 300 g/mol. The van der Waals surface area contributed by atoms with Gasteiger partial charge in [0, 0.05) is 5.92 Å². The summed E-state index contributed by atoms with van der Waals surface area (Å²) in [6.45, 7) is 0. The molecule has 1 N–H and O–H groups in total. The Morgan fingerprint density at radius 2 is 2.22 bits per heavy atom. The summed E-state index contributed by atoms with van der Waals surface area (Å²) >= 11 is 3.20. The Kier molecular flexibility index (Phi) is 2.83. The van der Waals surface area contributed by atoms with Crippen LogP contribution in [0.15, 0.2) is 27.2 Å². The van der Waals surface area contributed by atoms with Gasteiger partial charge in [0.2, 0.25) is 5.89 Å². The maximum Gasteiger partial charge on any atom is 0.322 e. The van der Waals surface area contributed by atoms with E-state index in [1.807, 2.05) is 0 Å². The molecule has 0 radical (unpaired) electrons. The third-order valence-electron chi connectivity index (χ3n) is 2.54. The topological polar surface area (TPSA) is 80.9 Å². The second-order valence-corrected chi connectivity index (χ2v) is 4.83. The van der Waals surface area contributed by atoms with Crippen LogP contribution < -0.4 is 5.32 Å². The lowest BCUT2D eigenvalue weighted by atomic mass is 10.3. The second kappa shape index (κ2) is 4.49. The fraction of sp³-hybridized carbons (Fsp3) is 0.273. The number of rotatable bonds is 3. The third-order valence-corrected chi connectivity index (χ3v) is 2.98. The minimum atomic E-state index is -0.373. The summed E-state index contributed by atoms with van der Waals surface area (Å²) in [5, 5.41) is 10.2. The van der Waals surface area contributed by atoms with E-state index in [0.717, 1.165) is 12.8 Å². The van der Waals surface area contributed by atoms with Crippen molar-refractivity contribution in [3.05, 3.63) is 34.4 Å². The molecule has 18 heavy (non-hydrogen) atoms. The number of aromatic nitrogens is 3. The molecule has 2 aromatic rings. The first-order chi connectivity index (χ1) is 8.72. The van der Waals surface area contributed by atoms with E-state index in [1.54, 1.807) is 18.2 Å². The summed E-state index contributed by atoms with van der Waals surface area (Å²) < 4.78 is 5.93. The fourth-order valence-corrected chi connectivity index (χ4v) is 1.82. The summed E-state index contributed by atoms with van der Waals surface area (Å²) in [5.41, 5.74) is 0.288. The fourth-order valence-electron chi connectivity index (χ4n) is 1.48. The van der Waals surface area contributed by atoms with Gasteiger partial charge in [0.15, 0.2) is 0 Å². The van der Waals surface area contributed by atoms with E-state index in [1.165, 1.54) is 0 Å². The molecule has 3 rings (SSSR count). The van der Waals surface area contributed by atoms with Crippen LogP contribution >= 0.6 is 15.9 Å². The Morgan fingerprint density at radius 1 is 1.39 bits per heavy atom. The van der Waals surface area contributed by atoms with Gasteiger partial charge in [-0.15, -0.1) is 5.10 Å². The van der Waals surface area contributed by atoms with Crippen molar-refractivity contribution in [1.82, 2.24) is 15.2 Å². The Labute approximate surface area is 111 Å². The van der Waals surface area contributed by atoms with E-state index < -0.39 is 0 Å². The Morgan fingerprint density at radius 3 is 2.94 bits per heavy atom. The van der Waals surface area contributed by atoms with Crippen molar-refractivity contribution in [3.63, 3.8) is 0 Å². The average molecular weight is 309 g/mol. The molecule has 0 spiro atoms. The molecule has 0 bridgehead atoms. The first-order valence-corrected chi connectivity index (χ1v) is 6.29. The van der Waals surface area contributed by atoms with Crippen LogP contribution in [0, 0.1) is 0 Å². The molecule has 1 aliphatic carbocycles. The molecule has 1 amide bonds. The number of carbonyl (C=O) groups excluding carboxylic acids is 1. The summed E-state index contributed by atoms with van der Waals surface area (Å²) in [6, 6.07) is 5.20. The zero-order valence-corrected chi connectivity index (χ0v) is 10.8. The smallest absolute Gasteiger partial charge is 0.322 e. The highest BCUT2D eigenvalue weighted by Gasteiger charge is 2.29. The molecule has 1 fully saturated rings. The van der Waals surface area contributed by atoms with Crippen molar-refractivity contribution in [2.45, 2.75) is 18.8 Å². The largest absolute Gasteiger partial charge is 0.408 e. The van der Waals surface area contributed by atoms with E-state index in [4.69, 9.17) is 4.42 Å². The van der Waals surface area contributed by atoms with Gasteiger partial charge in [0.25, 0.3) is 5.91 Å². The highest BCUT2D eigenvalue weighted by atomic mass is 79.9. The van der Waals surface area contributed by atoms with Gasteiger partial charge in [-0.3, -0.25) is 10.1 Å². The van der Waals surface area contributed by atoms with Gasteiger partial charge < -0.3 is 4.42 Å². The molecule has 2 heterocycles. The minimum absolute atomic E-state index is 0.115. The number of amides is 1. The lowest BCUT2D eigenvalue weighted by molar-refractivity contribution is 0.101. The van der Waals surface area contributed by atoms with Crippen LogP contribution in [0.2, 0.25) is 0 Å². The normalized spacial score (nSPS) is 14.5. The monoisotopic (exact) mass is 308 g/mol. The first kappa shape index (κ1) is 11.3. The van der Waals surface area contributed by atoms with Gasteiger partial charge >= 0.3 is 6.01 Å². The quantitative estimate of drug-likeness (QED) is 0.880. The SMILES string of the molecule is O=C(Nc1nnc(C2CC2)o1)c1cccc(Br)n1. The predicted octanol–water partition coefficient (Wildman–Crippen LogP) is 2.36. The van der Waals surface area contributed by atoms with E-state index in [2.05, 4.69) is 36.4 Å². The van der Waals surface area contributed by atoms with Crippen molar-refractivity contribution >= 4 is 27.9 Å². The number of nitrogens with one attached hydrogen (secondary N) is 1. The van der Waals surface area contributed by atoms with E-state index in [0.29, 0.717) is 16.4 Å². The second-order valence-electron chi connectivity index (χ2n) is 4.02. The Hall–Kier alpha value is -1.76. The summed E-state index contributed by atoms with van der Waals surface area (Å²) in [6.07, 6.45) is 2.14. The maximum atomic E-state index is 11.8. The van der Waals surface area contributed by atoms with Gasteiger partial charge in [-0.2, -0.15) is 0 Å². The predicted molar refractivity (Wildman–Crippen MR) is 66.2 cm³/mol. The first-order valence-electron chi connectivity index (χ1n) is 5.49. The van der Waals surface area contributed by atoms with Gasteiger partial charge in [0.05, 0.1) is 0 Å². The molecule has 1 aliphatic rings. The molecule has 92 valence electrons. The molecule has 0 aromatic carbocycles. The van der Waals surface area contributed by atoms with Crippen molar-refractivity contribution < 1.29 is 9.21 Å². The van der Waals surface area contributed by atoms with Crippen LogP contribution in [0.25, 0.3) is 0 Å². The Balaban J connectivity index is 1.73. The molecule has 2 aromatic heterocycles. The lowest BCUT2D eigenvalue weighted by Gasteiger charge is -1.99. The van der Waals surface area contributed by atoms with E-state index >= 15 is 0 Å². The number of hydrogen-bond acceptors (Lipinski definition) is 5. The summed E-state index contributed by atoms with van der Waals surface area (Å²) in [5.74, 6) is 0.585. The zero-order chi connectivity index (χ0) is 12.5. The molecule has 7 heteroatoms. The van der Waals surface area contributed by atoms with Gasteiger partial charge in [0.1, 0.15) is 10.3 Å². The minimum Gasteiger partial charge on any atom is -0.408 e. The van der Waals surface area contributed by atoms with Crippen molar-refractivity contribution in [3.8, 4) is 0 Å². The lowest BCUT2D eigenvalue weighted by Crippen LogP contribution is -2.13. The standard InChI is InChI=1S/C11H9BrN4O2/c12-8-3-1-2-7(13-8)9(17)14-11-16-15-10(18-11)6-4-5-6/h1-3,6H,4-5H2,(H,14,16,17). The molecule has 6 nitrogen and oxygen atoms in total. The number of halogens is 1. The number of anilines is 1. The van der Waals surface area contributed by atoms with E-state index in [9.17, 15) is 4.79 Å². The van der Waals surface area contributed by atoms with Crippen LogP contribution in [0.4, 0.5) is 6.01 Å². The zero-order valence-electron chi connectivity index (χ0n) is 9.26. The molecule has 0 saturated heterocycles. The van der Waals surface area contributed by atoms with Gasteiger partial charge in [-0.1, -0.05) is 11.2 Å². The number of nitrogens with zero attached hydrogens (tertiary/aromatic N) is 3. The van der Waals surface area contributed by atoms with Gasteiger partial charge in [-0.25, -0.2) is 4.98 Å². The summed E-state index contributed by atoms with van der Waals surface area (Å²) in [7, 11) is 0.